The van der Waals surface area contributed by atoms with Crippen LogP contribution in [-0.2, 0) is 0 Å². The highest BCUT2D eigenvalue weighted by molar-refractivity contribution is 5.90. The highest BCUT2D eigenvalue weighted by Gasteiger charge is 2.20. The number of benzene rings is 1. The fourth-order valence-electron chi connectivity index (χ4n) is 2.19. The van der Waals surface area contributed by atoms with E-state index in [1.165, 1.54) is 4.90 Å². The number of urea groups is 1. The number of carbonyl (C=O) groups excluding carboxylic acids is 1. The van der Waals surface area contributed by atoms with Gasteiger partial charge in [0.2, 0.25) is 0 Å². The van der Waals surface area contributed by atoms with Gasteiger partial charge >= 0.3 is 17.7 Å². The van der Waals surface area contributed by atoms with Crippen LogP contribution in [0, 0.1) is 0 Å². The molecule has 0 aliphatic heterocycles. The van der Waals surface area contributed by atoms with Gasteiger partial charge in [-0.05, 0) is 25.0 Å². The van der Waals surface area contributed by atoms with Gasteiger partial charge in [0.1, 0.15) is 0 Å². The second-order valence-electron chi connectivity index (χ2n) is 5.39. The predicted octanol–water partition coefficient (Wildman–Crippen LogP) is 3.30. The maximum Gasteiger partial charge on any atom is 0.348 e. The van der Waals surface area contributed by atoms with Crippen LogP contribution in [0.4, 0.5) is 10.8 Å². The maximum absolute atomic E-state index is 12.4. The van der Waals surface area contributed by atoms with Crippen molar-refractivity contribution in [3.8, 4) is 0 Å². The van der Waals surface area contributed by atoms with E-state index in [0.717, 1.165) is 25.7 Å². The van der Waals surface area contributed by atoms with Crippen LogP contribution in [0.1, 0.15) is 39.5 Å². The number of amides is 2. The molecule has 2 amide bonds. The van der Waals surface area contributed by atoms with Gasteiger partial charge in [-0.15, -0.1) is 0 Å². The first-order chi connectivity index (χ1) is 11.2. The third-order valence-corrected chi connectivity index (χ3v) is 3.54. The average Bonchev–Trinajstić information content (AvgIpc) is 2.55. The number of aromatic nitrogens is 1. The first kappa shape index (κ1) is 17.0. The van der Waals surface area contributed by atoms with Crippen molar-refractivity contribution < 1.29 is 9.21 Å². The minimum atomic E-state index is -0.478. The molecule has 0 saturated heterocycles. The molecule has 2 aromatic rings. The molecule has 0 aliphatic carbocycles. The zero-order valence-corrected chi connectivity index (χ0v) is 13.7. The van der Waals surface area contributed by atoms with Crippen molar-refractivity contribution in [1.29, 1.82) is 0 Å². The van der Waals surface area contributed by atoms with Crippen LogP contribution in [0.2, 0.25) is 0 Å². The molecule has 0 fully saturated rings. The summed E-state index contributed by atoms with van der Waals surface area (Å²) in [5, 5.41) is 3.26. The van der Waals surface area contributed by atoms with Crippen LogP contribution < -0.4 is 15.8 Å². The number of carbonyl (C=O) groups is 1. The average molecular weight is 317 g/mol. The Balaban J connectivity index is 2.31. The van der Waals surface area contributed by atoms with Crippen LogP contribution in [-0.4, -0.2) is 24.1 Å². The van der Waals surface area contributed by atoms with E-state index in [1.807, 2.05) is 6.92 Å². The molecule has 0 radical (unpaired) electrons. The monoisotopic (exact) mass is 317 g/mol. The lowest BCUT2D eigenvalue weighted by Gasteiger charge is -2.20. The van der Waals surface area contributed by atoms with Crippen molar-refractivity contribution in [3.63, 3.8) is 0 Å². The summed E-state index contributed by atoms with van der Waals surface area (Å²) >= 11 is 0. The summed E-state index contributed by atoms with van der Waals surface area (Å²) in [6, 6.07) is 6.73. The molecule has 124 valence electrons. The van der Waals surface area contributed by atoms with Crippen molar-refractivity contribution in [1.82, 2.24) is 10.3 Å². The normalized spacial score (nSPS) is 10.7. The number of nitrogens with one attached hydrogen (secondary N) is 1. The molecule has 1 heterocycles. The number of para-hydroxylation sites is 1. The molecule has 2 rings (SSSR count). The van der Waals surface area contributed by atoms with Crippen molar-refractivity contribution in [2.24, 2.45) is 0 Å². The van der Waals surface area contributed by atoms with E-state index in [-0.39, 0.29) is 12.0 Å². The van der Waals surface area contributed by atoms with Crippen LogP contribution in [0.15, 0.2) is 33.5 Å². The van der Waals surface area contributed by atoms with Crippen LogP contribution in [0.3, 0.4) is 0 Å². The predicted molar refractivity (Wildman–Crippen MR) is 90.8 cm³/mol. The molecule has 0 bridgehead atoms. The van der Waals surface area contributed by atoms with Crippen LogP contribution in [0.5, 0.6) is 0 Å². The lowest BCUT2D eigenvalue weighted by atomic mass is 10.2. The maximum atomic E-state index is 12.4. The van der Waals surface area contributed by atoms with E-state index < -0.39 is 5.63 Å². The molecule has 1 aromatic heterocycles. The number of rotatable bonds is 7. The molecule has 1 N–H and O–H groups in total. The van der Waals surface area contributed by atoms with Gasteiger partial charge in [-0.1, -0.05) is 38.8 Å². The molecule has 1 aromatic carbocycles. The summed E-state index contributed by atoms with van der Waals surface area (Å²) < 4.78 is 5.28. The quantitative estimate of drug-likeness (QED) is 0.795. The van der Waals surface area contributed by atoms with Crippen molar-refractivity contribution in [3.05, 3.63) is 34.7 Å². The molecule has 0 unspecified atom stereocenters. The number of fused-ring (bicyclic) bond motifs is 1. The Morgan fingerprint density at radius 1 is 1.22 bits per heavy atom. The minimum Gasteiger partial charge on any atom is -0.388 e. The van der Waals surface area contributed by atoms with E-state index in [1.54, 1.807) is 24.3 Å². The molecular weight excluding hydrogens is 294 g/mol. The Morgan fingerprint density at radius 3 is 2.70 bits per heavy atom. The lowest BCUT2D eigenvalue weighted by molar-refractivity contribution is 0.244. The molecule has 0 aliphatic rings. The van der Waals surface area contributed by atoms with Gasteiger partial charge in [-0.3, -0.25) is 0 Å². The Kier molecular flexibility index (Phi) is 6.14. The zero-order valence-electron chi connectivity index (χ0n) is 13.7. The van der Waals surface area contributed by atoms with Gasteiger partial charge in [-0.2, -0.15) is 4.98 Å². The first-order valence-corrected chi connectivity index (χ1v) is 8.12. The number of nitrogens with zero attached hydrogens (tertiary/aromatic N) is 2. The van der Waals surface area contributed by atoms with E-state index in [0.29, 0.717) is 24.0 Å². The van der Waals surface area contributed by atoms with Gasteiger partial charge in [0.25, 0.3) is 0 Å². The molecule has 0 spiro atoms. The molecule has 6 nitrogen and oxygen atoms in total. The second kappa shape index (κ2) is 8.31. The molecule has 0 atom stereocenters. The lowest BCUT2D eigenvalue weighted by Crippen LogP contribution is -2.42. The van der Waals surface area contributed by atoms with Gasteiger partial charge in [0, 0.05) is 13.1 Å². The number of anilines is 1. The molecule has 6 heteroatoms. The zero-order chi connectivity index (χ0) is 16.7. The first-order valence-electron chi connectivity index (χ1n) is 8.12. The molecular formula is C17H23N3O3. The fraction of sp³-hybridized carbons (Fsp3) is 0.471. The Morgan fingerprint density at radius 2 is 1.96 bits per heavy atom. The summed E-state index contributed by atoms with van der Waals surface area (Å²) in [6.45, 7) is 5.15. The van der Waals surface area contributed by atoms with Crippen molar-refractivity contribution >= 4 is 22.9 Å². The minimum absolute atomic E-state index is 0.0520. The highest BCUT2D eigenvalue weighted by Crippen LogP contribution is 2.15. The summed E-state index contributed by atoms with van der Waals surface area (Å²) in [5.74, 6) is 0. The third kappa shape index (κ3) is 4.31. The van der Waals surface area contributed by atoms with Crippen molar-refractivity contribution in [2.45, 2.75) is 39.5 Å². The van der Waals surface area contributed by atoms with E-state index in [2.05, 4.69) is 17.2 Å². The summed E-state index contributed by atoms with van der Waals surface area (Å²) in [7, 11) is 0. The summed E-state index contributed by atoms with van der Waals surface area (Å²) in [6.07, 6.45) is 3.64. The van der Waals surface area contributed by atoms with Gasteiger partial charge < -0.3 is 9.73 Å². The molecule has 0 saturated carbocycles. The second-order valence-corrected chi connectivity index (χ2v) is 5.39. The van der Waals surface area contributed by atoms with E-state index >= 15 is 0 Å². The highest BCUT2D eigenvalue weighted by atomic mass is 16.4. The topological polar surface area (TPSA) is 75.4 Å². The summed E-state index contributed by atoms with van der Waals surface area (Å²) in [4.78, 5) is 30.2. The third-order valence-electron chi connectivity index (χ3n) is 3.54. The van der Waals surface area contributed by atoms with E-state index in [4.69, 9.17) is 4.42 Å². The van der Waals surface area contributed by atoms with Crippen LogP contribution >= 0.6 is 0 Å². The number of unbranched alkanes of at least 4 members (excludes halogenated alkanes) is 2. The largest absolute Gasteiger partial charge is 0.388 e. The van der Waals surface area contributed by atoms with Gasteiger partial charge in [0.05, 0.1) is 10.9 Å². The number of hydrogen-bond acceptors (Lipinski definition) is 4. The van der Waals surface area contributed by atoms with Crippen LogP contribution in [0.25, 0.3) is 10.9 Å². The molecule has 23 heavy (non-hydrogen) atoms. The SMILES string of the molecule is CCCCNC(=O)N(CCCC)c1nc2ccccc2c(=O)o1. The smallest absolute Gasteiger partial charge is 0.348 e. The van der Waals surface area contributed by atoms with Crippen molar-refractivity contribution in [2.75, 3.05) is 18.0 Å². The van der Waals surface area contributed by atoms with Gasteiger partial charge in [-0.25, -0.2) is 14.5 Å². The Bertz CT molecular complexity index is 712. The van der Waals surface area contributed by atoms with Gasteiger partial charge in [0.15, 0.2) is 0 Å². The summed E-state index contributed by atoms with van der Waals surface area (Å²) in [5.41, 5.74) is 0.0510. The standard InChI is InChI=1S/C17H23N3O3/c1-3-5-11-18-16(22)20(12-6-4-2)17-19-14-10-8-7-9-13(14)15(21)23-17/h7-10H,3-6,11-12H2,1-2H3,(H,18,22). The fourth-order valence-corrected chi connectivity index (χ4v) is 2.19. The Hall–Kier alpha value is -2.37. The Labute approximate surface area is 135 Å². The number of hydrogen-bond donors (Lipinski definition) is 1. The van der Waals surface area contributed by atoms with E-state index in [9.17, 15) is 9.59 Å².